The summed E-state index contributed by atoms with van der Waals surface area (Å²) in [5.41, 5.74) is 0.545. The minimum absolute atomic E-state index is 0.145. The fourth-order valence-corrected chi connectivity index (χ4v) is 1.36. The van der Waals surface area contributed by atoms with Crippen LogP contribution in [0.15, 0.2) is 24.3 Å². The van der Waals surface area contributed by atoms with Gasteiger partial charge in [0, 0.05) is 20.0 Å². The molecule has 0 aliphatic rings. The Morgan fingerprint density at radius 1 is 1.10 bits per heavy atom. The second-order valence-corrected chi connectivity index (χ2v) is 3.85. The molecule has 0 aliphatic carbocycles. The molecule has 104 valence electrons. The van der Waals surface area contributed by atoms with Gasteiger partial charge in [0.2, 0.25) is 5.91 Å². The summed E-state index contributed by atoms with van der Waals surface area (Å²) in [4.78, 5) is 33.7. The molecule has 3 N–H and O–H groups in total. The van der Waals surface area contributed by atoms with Gasteiger partial charge in [0.05, 0.1) is 11.3 Å². The summed E-state index contributed by atoms with van der Waals surface area (Å²) in [7, 11) is 0. The maximum Gasteiger partial charge on any atom is 0.313 e. The Kier molecular flexibility index (Phi) is 5.72. The normalized spacial score (nSPS) is 9.20. The smallest absolute Gasteiger partial charge is 0.313 e. The van der Waals surface area contributed by atoms with E-state index in [4.69, 9.17) is 5.26 Å². The zero-order valence-electron chi connectivity index (χ0n) is 10.9. The van der Waals surface area contributed by atoms with Crippen LogP contribution in [0.25, 0.3) is 0 Å². The van der Waals surface area contributed by atoms with Crippen molar-refractivity contribution in [3.8, 4) is 6.07 Å². The molecule has 0 saturated heterocycles. The number of para-hydroxylation sites is 1. The quantitative estimate of drug-likeness (QED) is 0.519. The first-order chi connectivity index (χ1) is 9.54. The molecule has 20 heavy (non-hydrogen) atoms. The predicted molar refractivity (Wildman–Crippen MR) is 71.5 cm³/mol. The number of nitriles is 1. The van der Waals surface area contributed by atoms with Gasteiger partial charge >= 0.3 is 11.8 Å². The Labute approximate surface area is 116 Å². The van der Waals surface area contributed by atoms with Crippen molar-refractivity contribution in [1.82, 2.24) is 10.6 Å². The maximum absolute atomic E-state index is 11.6. The summed E-state index contributed by atoms with van der Waals surface area (Å²) in [6.45, 7) is 1.74. The highest BCUT2D eigenvalue weighted by molar-refractivity contribution is 6.39. The first-order valence-corrected chi connectivity index (χ1v) is 5.87. The fraction of sp³-hybridized carbons (Fsp3) is 0.231. The Hall–Kier alpha value is -2.88. The van der Waals surface area contributed by atoms with Crippen molar-refractivity contribution in [3.63, 3.8) is 0 Å². The van der Waals surface area contributed by atoms with E-state index in [-0.39, 0.29) is 30.2 Å². The van der Waals surface area contributed by atoms with Crippen molar-refractivity contribution in [2.45, 2.75) is 6.92 Å². The predicted octanol–water partition coefficient (Wildman–Crippen LogP) is -0.251. The highest BCUT2D eigenvalue weighted by Crippen LogP contribution is 2.12. The molecule has 0 atom stereocenters. The van der Waals surface area contributed by atoms with Crippen molar-refractivity contribution in [1.29, 1.82) is 5.26 Å². The molecule has 0 radical (unpaired) electrons. The molecule has 7 nitrogen and oxygen atoms in total. The van der Waals surface area contributed by atoms with Crippen molar-refractivity contribution >= 4 is 23.4 Å². The van der Waals surface area contributed by atoms with Crippen LogP contribution >= 0.6 is 0 Å². The van der Waals surface area contributed by atoms with Gasteiger partial charge in [0.1, 0.15) is 6.07 Å². The van der Waals surface area contributed by atoms with E-state index in [1.54, 1.807) is 12.1 Å². The Morgan fingerprint density at radius 2 is 1.75 bits per heavy atom. The molecule has 1 aromatic rings. The Bertz CT molecular complexity index is 563. The lowest BCUT2D eigenvalue weighted by molar-refractivity contribution is -0.136. The molecule has 0 saturated carbocycles. The van der Waals surface area contributed by atoms with Crippen molar-refractivity contribution in [2.24, 2.45) is 0 Å². The molecular formula is C13H14N4O3. The summed E-state index contributed by atoms with van der Waals surface area (Å²) in [6.07, 6.45) is 0. The van der Waals surface area contributed by atoms with E-state index in [1.807, 2.05) is 6.07 Å². The summed E-state index contributed by atoms with van der Waals surface area (Å²) in [5, 5.41) is 16.0. The largest absolute Gasteiger partial charge is 0.355 e. The number of carbonyl (C=O) groups is 3. The second kappa shape index (κ2) is 7.53. The molecule has 0 aliphatic heterocycles. The summed E-state index contributed by atoms with van der Waals surface area (Å²) >= 11 is 0. The van der Waals surface area contributed by atoms with E-state index in [2.05, 4.69) is 16.0 Å². The van der Waals surface area contributed by atoms with Crippen molar-refractivity contribution in [3.05, 3.63) is 29.8 Å². The molecule has 0 aromatic heterocycles. The number of amides is 3. The van der Waals surface area contributed by atoms with Crippen LogP contribution < -0.4 is 16.0 Å². The van der Waals surface area contributed by atoms with Gasteiger partial charge in [0.15, 0.2) is 0 Å². The lowest BCUT2D eigenvalue weighted by atomic mass is 10.2. The summed E-state index contributed by atoms with van der Waals surface area (Å²) in [6, 6.07) is 8.27. The van der Waals surface area contributed by atoms with Gasteiger partial charge in [-0.2, -0.15) is 5.26 Å². The minimum atomic E-state index is -0.865. The number of rotatable bonds is 4. The zero-order valence-corrected chi connectivity index (χ0v) is 10.9. The molecule has 0 heterocycles. The second-order valence-electron chi connectivity index (χ2n) is 3.85. The Morgan fingerprint density at radius 3 is 2.40 bits per heavy atom. The summed E-state index contributed by atoms with van der Waals surface area (Å²) < 4.78 is 0. The molecule has 0 bridgehead atoms. The zero-order chi connectivity index (χ0) is 15.0. The van der Waals surface area contributed by atoms with Crippen LogP contribution in [-0.2, 0) is 14.4 Å². The molecule has 0 spiro atoms. The fourth-order valence-electron chi connectivity index (χ4n) is 1.36. The van der Waals surface area contributed by atoms with E-state index >= 15 is 0 Å². The first kappa shape index (κ1) is 15.2. The number of anilines is 1. The highest BCUT2D eigenvalue weighted by atomic mass is 16.2. The number of hydrogen-bond acceptors (Lipinski definition) is 4. The molecule has 1 rings (SSSR count). The summed E-state index contributed by atoms with van der Waals surface area (Å²) in [5.74, 6) is -1.91. The first-order valence-electron chi connectivity index (χ1n) is 5.87. The Balaban J connectivity index is 2.48. The van der Waals surface area contributed by atoms with E-state index in [0.717, 1.165) is 0 Å². The van der Waals surface area contributed by atoms with Crippen LogP contribution in [0.3, 0.4) is 0 Å². The van der Waals surface area contributed by atoms with Gasteiger partial charge in [0.25, 0.3) is 0 Å². The van der Waals surface area contributed by atoms with E-state index < -0.39 is 11.8 Å². The molecular weight excluding hydrogens is 260 g/mol. The topological polar surface area (TPSA) is 111 Å². The molecule has 3 amide bonds. The third-order valence-electron chi connectivity index (χ3n) is 2.29. The highest BCUT2D eigenvalue weighted by Gasteiger charge is 2.14. The van der Waals surface area contributed by atoms with Crippen LogP contribution in [0.1, 0.15) is 12.5 Å². The van der Waals surface area contributed by atoms with Crippen LogP contribution in [0.2, 0.25) is 0 Å². The monoisotopic (exact) mass is 274 g/mol. The molecule has 7 heteroatoms. The molecule has 1 aromatic carbocycles. The van der Waals surface area contributed by atoms with E-state index in [1.165, 1.54) is 19.1 Å². The lowest BCUT2D eigenvalue weighted by Gasteiger charge is -2.07. The number of nitrogens with one attached hydrogen (secondary N) is 3. The van der Waals surface area contributed by atoms with Gasteiger partial charge < -0.3 is 16.0 Å². The lowest BCUT2D eigenvalue weighted by Crippen LogP contribution is -2.39. The van der Waals surface area contributed by atoms with Gasteiger partial charge in [-0.05, 0) is 12.1 Å². The number of nitrogens with zero attached hydrogens (tertiary/aromatic N) is 1. The van der Waals surface area contributed by atoms with Crippen LogP contribution in [0, 0.1) is 11.3 Å². The van der Waals surface area contributed by atoms with Crippen molar-refractivity contribution < 1.29 is 14.4 Å². The third kappa shape index (κ3) is 4.78. The van der Waals surface area contributed by atoms with Gasteiger partial charge in [-0.25, -0.2) is 0 Å². The number of carbonyl (C=O) groups excluding carboxylic acids is 3. The number of hydrogen-bond donors (Lipinski definition) is 3. The van der Waals surface area contributed by atoms with Crippen molar-refractivity contribution in [2.75, 3.05) is 18.4 Å². The maximum atomic E-state index is 11.6. The molecule has 0 fully saturated rings. The van der Waals surface area contributed by atoms with Crippen LogP contribution in [0.5, 0.6) is 0 Å². The average Bonchev–Trinajstić information content (AvgIpc) is 2.43. The van der Waals surface area contributed by atoms with E-state index in [9.17, 15) is 14.4 Å². The van der Waals surface area contributed by atoms with Crippen LogP contribution in [0.4, 0.5) is 5.69 Å². The molecule has 0 unspecified atom stereocenters. The minimum Gasteiger partial charge on any atom is -0.355 e. The number of benzene rings is 1. The van der Waals surface area contributed by atoms with E-state index in [0.29, 0.717) is 0 Å². The SMILES string of the molecule is CC(=O)NCCNC(=O)C(=O)Nc1ccccc1C#N. The van der Waals surface area contributed by atoms with Gasteiger partial charge in [-0.1, -0.05) is 12.1 Å². The average molecular weight is 274 g/mol. The van der Waals surface area contributed by atoms with Gasteiger partial charge in [-0.3, -0.25) is 14.4 Å². The standard InChI is InChI=1S/C13H14N4O3/c1-9(18)15-6-7-16-12(19)13(20)17-11-5-3-2-4-10(11)8-14/h2-5H,6-7H2,1H3,(H,15,18)(H,16,19)(H,17,20). The van der Waals surface area contributed by atoms with Gasteiger partial charge in [-0.15, -0.1) is 0 Å². The van der Waals surface area contributed by atoms with Crippen LogP contribution in [-0.4, -0.2) is 30.8 Å². The third-order valence-corrected chi connectivity index (χ3v) is 2.29.